The van der Waals surface area contributed by atoms with E-state index in [1.165, 1.54) is 47.6 Å². The maximum absolute atomic E-state index is 12.2. The van der Waals surface area contributed by atoms with Crippen LogP contribution in [-0.4, -0.2) is 19.2 Å². The third-order valence-electron chi connectivity index (χ3n) is 6.48. The molecule has 3 aromatic rings. The third-order valence-corrected chi connectivity index (χ3v) is 6.48. The Balaban J connectivity index is 1.49. The lowest BCUT2D eigenvalue weighted by molar-refractivity contribution is 0.0447. The number of carbonyl (C=O) groups excluding carboxylic acids is 1. The predicted octanol–water partition coefficient (Wildman–Crippen LogP) is 8.18. The highest BCUT2D eigenvalue weighted by molar-refractivity contribution is 5.89. The van der Waals surface area contributed by atoms with Gasteiger partial charge < -0.3 is 9.47 Å². The Morgan fingerprint density at radius 1 is 0.794 bits per heavy atom. The largest absolute Gasteiger partial charge is 0.494 e. The van der Waals surface area contributed by atoms with Crippen molar-refractivity contribution in [3.63, 3.8) is 0 Å². The second-order valence-corrected chi connectivity index (χ2v) is 9.41. The van der Waals surface area contributed by atoms with E-state index in [1.54, 1.807) is 0 Å². The summed E-state index contributed by atoms with van der Waals surface area (Å²) in [5.41, 5.74) is 3.16. The number of hydrogen-bond donors (Lipinski definition) is 0. The van der Waals surface area contributed by atoms with Gasteiger partial charge in [0, 0.05) is 0 Å². The fraction of sp³-hybridized carbons (Fsp3) is 0.452. The van der Waals surface area contributed by atoms with Gasteiger partial charge in [0.2, 0.25) is 0 Å². The van der Waals surface area contributed by atoms with Crippen molar-refractivity contribution in [2.45, 2.75) is 72.1 Å². The highest BCUT2D eigenvalue weighted by Crippen LogP contribution is 2.23. The van der Waals surface area contributed by atoms with E-state index in [4.69, 9.17) is 9.47 Å². The van der Waals surface area contributed by atoms with Gasteiger partial charge in [-0.2, -0.15) is 0 Å². The Hall–Kier alpha value is -2.81. The SMILES string of the molecule is CCCCCCCOc1ccc2cc(CCc3ccc(C(=O)OC[C@H](C)CC)cc3)ccc2c1. The molecule has 0 radical (unpaired) electrons. The zero-order chi connectivity index (χ0) is 24.2. The van der Waals surface area contributed by atoms with Gasteiger partial charge in [0.15, 0.2) is 0 Å². The molecule has 0 aliphatic heterocycles. The summed E-state index contributed by atoms with van der Waals surface area (Å²) in [6.45, 7) is 7.70. The Labute approximate surface area is 205 Å². The number of esters is 1. The summed E-state index contributed by atoms with van der Waals surface area (Å²) >= 11 is 0. The van der Waals surface area contributed by atoms with Crippen LogP contribution in [0.25, 0.3) is 10.8 Å². The molecule has 3 nitrogen and oxygen atoms in total. The van der Waals surface area contributed by atoms with E-state index in [0.29, 0.717) is 18.1 Å². The zero-order valence-electron chi connectivity index (χ0n) is 21.1. The molecule has 0 heterocycles. The van der Waals surface area contributed by atoms with Crippen molar-refractivity contribution in [1.82, 2.24) is 0 Å². The fourth-order valence-electron chi connectivity index (χ4n) is 3.93. The first kappa shape index (κ1) is 25.8. The van der Waals surface area contributed by atoms with Gasteiger partial charge in [-0.25, -0.2) is 4.79 Å². The summed E-state index contributed by atoms with van der Waals surface area (Å²) < 4.78 is 11.3. The maximum Gasteiger partial charge on any atom is 0.338 e. The van der Waals surface area contributed by atoms with E-state index in [-0.39, 0.29) is 5.97 Å². The van der Waals surface area contributed by atoms with Gasteiger partial charge in [-0.05, 0) is 71.3 Å². The molecule has 3 heteroatoms. The summed E-state index contributed by atoms with van der Waals surface area (Å²) in [5, 5.41) is 2.46. The molecule has 3 rings (SSSR count). The van der Waals surface area contributed by atoms with Crippen molar-refractivity contribution in [2.75, 3.05) is 13.2 Å². The number of unbranched alkanes of at least 4 members (excludes halogenated alkanes) is 4. The second kappa shape index (κ2) is 13.8. The number of ether oxygens (including phenoxy) is 2. The summed E-state index contributed by atoms with van der Waals surface area (Å²) in [6.07, 6.45) is 9.17. The van der Waals surface area contributed by atoms with Gasteiger partial charge in [-0.3, -0.25) is 0 Å². The van der Waals surface area contributed by atoms with Gasteiger partial charge >= 0.3 is 5.97 Å². The molecular weight excluding hydrogens is 420 g/mol. The molecule has 34 heavy (non-hydrogen) atoms. The minimum absolute atomic E-state index is 0.235. The fourth-order valence-corrected chi connectivity index (χ4v) is 3.93. The van der Waals surface area contributed by atoms with Crippen LogP contribution in [0, 0.1) is 5.92 Å². The van der Waals surface area contributed by atoms with Crippen LogP contribution in [0.3, 0.4) is 0 Å². The predicted molar refractivity (Wildman–Crippen MR) is 142 cm³/mol. The molecule has 1 atom stereocenters. The first-order chi connectivity index (χ1) is 16.6. The number of aryl methyl sites for hydroxylation is 2. The molecule has 0 aliphatic rings. The Morgan fingerprint density at radius 2 is 1.47 bits per heavy atom. The summed E-state index contributed by atoms with van der Waals surface area (Å²) in [7, 11) is 0. The van der Waals surface area contributed by atoms with Crippen LogP contribution in [0.1, 0.15) is 80.8 Å². The van der Waals surface area contributed by atoms with E-state index in [1.807, 2.05) is 24.3 Å². The standard InChI is InChI=1S/C31H40O3/c1-4-6-7-8-9-20-33-30-19-18-28-21-26(14-17-29(28)22-30)11-10-25-12-15-27(16-13-25)31(32)34-23-24(3)5-2/h12-19,21-22,24H,4-11,20,23H2,1-3H3/t24-/m1/s1. The van der Waals surface area contributed by atoms with E-state index in [9.17, 15) is 4.79 Å². The van der Waals surface area contributed by atoms with Crippen molar-refractivity contribution in [1.29, 1.82) is 0 Å². The molecule has 0 saturated carbocycles. The Kier molecular flexibility index (Phi) is 10.5. The van der Waals surface area contributed by atoms with Crippen molar-refractivity contribution in [2.24, 2.45) is 5.92 Å². The van der Waals surface area contributed by atoms with E-state index >= 15 is 0 Å². The van der Waals surface area contributed by atoms with E-state index in [0.717, 1.165) is 38.0 Å². The zero-order valence-corrected chi connectivity index (χ0v) is 21.1. The average molecular weight is 461 g/mol. The summed E-state index contributed by atoms with van der Waals surface area (Å²) in [6, 6.07) is 20.9. The lowest BCUT2D eigenvalue weighted by Gasteiger charge is -2.10. The molecule has 0 amide bonds. The van der Waals surface area contributed by atoms with Crippen molar-refractivity contribution >= 4 is 16.7 Å². The number of rotatable bonds is 14. The third kappa shape index (κ3) is 8.20. The monoisotopic (exact) mass is 460 g/mol. The molecule has 3 aromatic carbocycles. The number of hydrogen-bond acceptors (Lipinski definition) is 3. The average Bonchev–Trinajstić information content (AvgIpc) is 2.88. The van der Waals surface area contributed by atoms with E-state index in [2.05, 4.69) is 57.2 Å². The van der Waals surface area contributed by atoms with Crippen molar-refractivity contribution in [3.05, 3.63) is 77.4 Å². The minimum atomic E-state index is -0.235. The highest BCUT2D eigenvalue weighted by atomic mass is 16.5. The number of carbonyl (C=O) groups is 1. The normalized spacial score (nSPS) is 12.0. The second-order valence-electron chi connectivity index (χ2n) is 9.41. The van der Waals surface area contributed by atoms with Crippen molar-refractivity contribution in [3.8, 4) is 5.75 Å². The van der Waals surface area contributed by atoms with E-state index < -0.39 is 0 Å². The molecule has 0 fully saturated rings. The molecule has 0 N–H and O–H groups in total. The van der Waals surface area contributed by atoms with Crippen molar-refractivity contribution < 1.29 is 14.3 Å². The van der Waals surface area contributed by atoms with Gasteiger partial charge in [0.05, 0.1) is 18.8 Å². The van der Waals surface area contributed by atoms with Crippen LogP contribution in [-0.2, 0) is 17.6 Å². The molecule has 0 bridgehead atoms. The molecule has 0 unspecified atom stereocenters. The molecule has 0 aromatic heterocycles. The lowest BCUT2D eigenvalue weighted by Crippen LogP contribution is -2.11. The molecule has 0 spiro atoms. The van der Waals surface area contributed by atoms with Crippen LogP contribution in [0.15, 0.2) is 60.7 Å². The molecule has 182 valence electrons. The first-order valence-electron chi connectivity index (χ1n) is 13.0. The van der Waals surface area contributed by atoms with Crippen LogP contribution in [0.5, 0.6) is 5.75 Å². The number of benzene rings is 3. The van der Waals surface area contributed by atoms with Gasteiger partial charge in [-0.15, -0.1) is 0 Å². The van der Waals surface area contributed by atoms with Crippen LogP contribution in [0.4, 0.5) is 0 Å². The summed E-state index contributed by atoms with van der Waals surface area (Å²) in [4.78, 5) is 12.2. The Morgan fingerprint density at radius 3 is 2.24 bits per heavy atom. The smallest absolute Gasteiger partial charge is 0.338 e. The van der Waals surface area contributed by atoms with Crippen LogP contribution >= 0.6 is 0 Å². The number of fused-ring (bicyclic) bond motifs is 1. The van der Waals surface area contributed by atoms with Gasteiger partial charge in [-0.1, -0.05) is 89.3 Å². The van der Waals surface area contributed by atoms with Crippen LogP contribution in [0.2, 0.25) is 0 Å². The maximum atomic E-state index is 12.2. The van der Waals surface area contributed by atoms with Gasteiger partial charge in [0.25, 0.3) is 0 Å². The Bertz CT molecular complexity index is 1020. The molecule has 0 aliphatic carbocycles. The summed E-state index contributed by atoms with van der Waals surface area (Å²) in [5.74, 6) is 1.12. The minimum Gasteiger partial charge on any atom is -0.494 e. The quantitative estimate of drug-likeness (QED) is 0.180. The topological polar surface area (TPSA) is 35.5 Å². The van der Waals surface area contributed by atoms with Crippen LogP contribution < -0.4 is 4.74 Å². The first-order valence-corrected chi connectivity index (χ1v) is 13.0. The molecular formula is C31H40O3. The molecule has 0 saturated heterocycles. The highest BCUT2D eigenvalue weighted by Gasteiger charge is 2.09. The van der Waals surface area contributed by atoms with Gasteiger partial charge in [0.1, 0.15) is 5.75 Å². The lowest BCUT2D eigenvalue weighted by atomic mass is 10.0.